The number of aliphatic imine (C=N–C) groups is 1. The van der Waals surface area contributed by atoms with Crippen LogP contribution in [0, 0.1) is 6.92 Å². The van der Waals surface area contributed by atoms with Gasteiger partial charge in [-0.3, -0.25) is 4.79 Å². The standard InChI is InChI=1S/C26H19N3OS/c1-18-22-17-23(31-26(22)29(28-18)21-15-9-4-10-16-21)25(30)27-24(19-11-5-2-6-12-19)20-13-7-3-8-14-20/h2-17H,1H3. The van der Waals surface area contributed by atoms with Crippen molar-refractivity contribution in [2.45, 2.75) is 6.92 Å². The van der Waals surface area contributed by atoms with Gasteiger partial charge in [0.15, 0.2) is 0 Å². The number of aromatic nitrogens is 2. The van der Waals surface area contributed by atoms with E-state index in [1.165, 1.54) is 11.3 Å². The average molecular weight is 422 g/mol. The summed E-state index contributed by atoms with van der Waals surface area (Å²) in [5.41, 5.74) is 4.36. The van der Waals surface area contributed by atoms with Gasteiger partial charge in [0.25, 0.3) is 5.91 Å². The van der Waals surface area contributed by atoms with E-state index in [0.717, 1.165) is 32.7 Å². The highest BCUT2D eigenvalue weighted by atomic mass is 32.1. The second-order valence-electron chi connectivity index (χ2n) is 7.16. The van der Waals surface area contributed by atoms with Gasteiger partial charge >= 0.3 is 0 Å². The molecule has 3 aromatic carbocycles. The van der Waals surface area contributed by atoms with Gasteiger partial charge in [-0.25, -0.2) is 9.67 Å². The Hall–Kier alpha value is -3.83. The quantitative estimate of drug-likeness (QED) is 0.331. The number of amides is 1. The van der Waals surface area contributed by atoms with E-state index < -0.39 is 0 Å². The molecule has 0 aliphatic carbocycles. The number of rotatable bonds is 4. The second kappa shape index (κ2) is 8.13. The van der Waals surface area contributed by atoms with Crippen LogP contribution < -0.4 is 0 Å². The van der Waals surface area contributed by atoms with Gasteiger partial charge in [0.05, 0.1) is 22.0 Å². The SMILES string of the molecule is Cc1nn(-c2ccccc2)c2sc(C(=O)N=C(c3ccccc3)c3ccccc3)cc12. The Kier molecular flexibility index (Phi) is 5.02. The lowest BCUT2D eigenvalue weighted by atomic mass is 10.0. The number of hydrogen-bond donors (Lipinski definition) is 0. The van der Waals surface area contributed by atoms with E-state index in [4.69, 9.17) is 0 Å². The third-order valence-corrected chi connectivity index (χ3v) is 6.16. The highest BCUT2D eigenvalue weighted by Gasteiger charge is 2.18. The molecular weight excluding hydrogens is 402 g/mol. The Balaban J connectivity index is 1.59. The number of carbonyl (C=O) groups excluding carboxylic acids is 1. The van der Waals surface area contributed by atoms with Gasteiger partial charge in [0.1, 0.15) is 4.83 Å². The molecule has 2 aromatic heterocycles. The first-order chi connectivity index (χ1) is 15.2. The predicted octanol–water partition coefficient (Wildman–Crippen LogP) is 6.07. The van der Waals surface area contributed by atoms with Crippen LogP contribution in [0.15, 0.2) is 102 Å². The molecule has 150 valence electrons. The maximum Gasteiger partial charge on any atom is 0.287 e. The highest BCUT2D eigenvalue weighted by Crippen LogP contribution is 2.31. The summed E-state index contributed by atoms with van der Waals surface area (Å²) in [5, 5.41) is 5.64. The van der Waals surface area contributed by atoms with Crippen molar-refractivity contribution in [3.63, 3.8) is 0 Å². The molecule has 4 nitrogen and oxygen atoms in total. The van der Waals surface area contributed by atoms with Crippen molar-refractivity contribution in [3.05, 3.63) is 119 Å². The lowest BCUT2D eigenvalue weighted by Gasteiger charge is -2.06. The van der Waals surface area contributed by atoms with Crippen molar-refractivity contribution in [1.82, 2.24) is 9.78 Å². The van der Waals surface area contributed by atoms with Crippen molar-refractivity contribution in [3.8, 4) is 5.69 Å². The van der Waals surface area contributed by atoms with Crippen molar-refractivity contribution in [1.29, 1.82) is 0 Å². The van der Waals surface area contributed by atoms with E-state index in [-0.39, 0.29) is 5.91 Å². The van der Waals surface area contributed by atoms with E-state index in [2.05, 4.69) is 10.1 Å². The molecule has 0 bridgehead atoms. The van der Waals surface area contributed by atoms with Crippen molar-refractivity contribution in [2.75, 3.05) is 0 Å². The molecule has 2 heterocycles. The molecule has 0 atom stereocenters. The summed E-state index contributed by atoms with van der Waals surface area (Å²) in [6, 6.07) is 31.5. The number of benzene rings is 3. The smallest absolute Gasteiger partial charge is 0.266 e. The molecule has 0 saturated carbocycles. The van der Waals surface area contributed by atoms with Crippen LogP contribution in [0.3, 0.4) is 0 Å². The summed E-state index contributed by atoms with van der Waals surface area (Å²) < 4.78 is 1.89. The van der Waals surface area contributed by atoms with Crippen LogP contribution in [0.1, 0.15) is 26.5 Å². The Bertz CT molecular complexity index is 1340. The first kappa shape index (κ1) is 19.2. The fourth-order valence-electron chi connectivity index (χ4n) is 3.54. The molecular formula is C26H19N3OS. The minimum absolute atomic E-state index is 0.247. The summed E-state index contributed by atoms with van der Waals surface area (Å²) in [6.07, 6.45) is 0. The molecule has 0 unspecified atom stereocenters. The molecule has 5 rings (SSSR count). The first-order valence-electron chi connectivity index (χ1n) is 9.99. The van der Waals surface area contributed by atoms with Crippen molar-refractivity contribution < 1.29 is 4.79 Å². The molecule has 0 N–H and O–H groups in total. The molecule has 0 saturated heterocycles. The zero-order valence-corrected chi connectivity index (χ0v) is 17.7. The highest BCUT2D eigenvalue weighted by molar-refractivity contribution is 7.20. The van der Waals surface area contributed by atoms with Gasteiger partial charge in [0, 0.05) is 16.5 Å². The topological polar surface area (TPSA) is 47.2 Å². The normalized spacial score (nSPS) is 10.9. The van der Waals surface area contributed by atoms with Gasteiger partial charge in [-0.15, -0.1) is 11.3 Å². The van der Waals surface area contributed by atoms with Crippen molar-refractivity contribution in [2.24, 2.45) is 4.99 Å². The van der Waals surface area contributed by atoms with Crippen LogP contribution >= 0.6 is 11.3 Å². The third kappa shape index (κ3) is 3.71. The van der Waals surface area contributed by atoms with E-state index in [0.29, 0.717) is 10.6 Å². The molecule has 0 aliphatic heterocycles. The number of aryl methyl sites for hydroxylation is 1. The number of carbonyl (C=O) groups is 1. The molecule has 1 amide bonds. The first-order valence-corrected chi connectivity index (χ1v) is 10.8. The number of thiophene rings is 1. The predicted molar refractivity (Wildman–Crippen MR) is 127 cm³/mol. The van der Waals surface area contributed by atoms with E-state index in [1.807, 2.05) is 109 Å². The number of fused-ring (bicyclic) bond motifs is 1. The molecule has 31 heavy (non-hydrogen) atoms. The van der Waals surface area contributed by atoms with Crippen LogP contribution in [-0.2, 0) is 0 Å². The van der Waals surface area contributed by atoms with Crippen LogP contribution in [0.2, 0.25) is 0 Å². The molecule has 5 heteroatoms. The van der Waals surface area contributed by atoms with Gasteiger partial charge in [-0.05, 0) is 25.1 Å². The van der Waals surface area contributed by atoms with E-state index in [1.54, 1.807) is 0 Å². The van der Waals surface area contributed by atoms with Crippen LogP contribution in [0.4, 0.5) is 0 Å². The average Bonchev–Trinajstić information content (AvgIpc) is 3.40. The molecule has 0 aliphatic rings. The largest absolute Gasteiger partial charge is 0.287 e. The van der Waals surface area contributed by atoms with Crippen LogP contribution in [-0.4, -0.2) is 21.4 Å². The van der Waals surface area contributed by atoms with Crippen LogP contribution in [0.5, 0.6) is 0 Å². The maximum absolute atomic E-state index is 13.2. The van der Waals surface area contributed by atoms with E-state index >= 15 is 0 Å². The third-order valence-electron chi connectivity index (χ3n) is 5.06. The number of para-hydroxylation sites is 1. The second-order valence-corrected chi connectivity index (χ2v) is 8.19. The monoisotopic (exact) mass is 421 g/mol. The zero-order valence-electron chi connectivity index (χ0n) is 16.9. The van der Waals surface area contributed by atoms with Gasteiger partial charge in [-0.2, -0.15) is 5.10 Å². The Morgan fingerprint density at radius 1 is 0.839 bits per heavy atom. The summed E-state index contributed by atoms with van der Waals surface area (Å²) in [4.78, 5) is 19.3. The van der Waals surface area contributed by atoms with Crippen molar-refractivity contribution >= 4 is 33.2 Å². The lowest BCUT2D eigenvalue weighted by molar-refractivity contribution is 0.101. The fourth-order valence-corrected chi connectivity index (χ4v) is 4.61. The Labute approximate surface area is 184 Å². The summed E-state index contributed by atoms with van der Waals surface area (Å²) in [7, 11) is 0. The van der Waals surface area contributed by atoms with Gasteiger partial charge < -0.3 is 0 Å². The molecule has 0 radical (unpaired) electrons. The van der Waals surface area contributed by atoms with Gasteiger partial charge in [0.2, 0.25) is 0 Å². The molecule has 0 fully saturated rings. The molecule has 0 spiro atoms. The minimum atomic E-state index is -0.247. The van der Waals surface area contributed by atoms with Crippen LogP contribution in [0.25, 0.3) is 15.9 Å². The zero-order chi connectivity index (χ0) is 21.2. The minimum Gasteiger partial charge on any atom is -0.266 e. The van der Waals surface area contributed by atoms with E-state index in [9.17, 15) is 4.79 Å². The summed E-state index contributed by atoms with van der Waals surface area (Å²) >= 11 is 1.42. The number of nitrogens with zero attached hydrogens (tertiary/aromatic N) is 3. The maximum atomic E-state index is 13.2. The summed E-state index contributed by atoms with van der Waals surface area (Å²) in [5.74, 6) is -0.247. The lowest BCUT2D eigenvalue weighted by Crippen LogP contribution is -2.07. The fraction of sp³-hybridized carbons (Fsp3) is 0.0385. The Morgan fingerprint density at radius 3 is 1.97 bits per heavy atom. The summed E-state index contributed by atoms with van der Waals surface area (Å²) in [6.45, 7) is 1.96. The van der Waals surface area contributed by atoms with Gasteiger partial charge in [-0.1, -0.05) is 78.9 Å². The molecule has 5 aromatic rings. The number of hydrogen-bond acceptors (Lipinski definition) is 3. The Morgan fingerprint density at radius 2 is 1.39 bits per heavy atom.